The van der Waals surface area contributed by atoms with Gasteiger partial charge in [0.2, 0.25) is 0 Å². The average Bonchev–Trinajstić information content (AvgIpc) is 3.30. The van der Waals surface area contributed by atoms with Gasteiger partial charge in [-0.05, 0) is 47.0 Å². The fourth-order valence-corrected chi connectivity index (χ4v) is 4.55. The minimum absolute atomic E-state index is 0.0464. The third-order valence-corrected chi connectivity index (χ3v) is 6.79. The Bertz CT molecular complexity index is 1320. The molecule has 4 amide bonds. The summed E-state index contributed by atoms with van der Waals surface area (Å²) in [4.78, 5) is 44.2. The Morgan fingerprint density at radius 1 is 1.30 bits per heavy atom. The number of nitrogens with zero attached hydrogens (tertiary/aromatic N) is 2. The number of amides is 4. The first-order valence-electron chi connectivity index (χ1n) is 10.1. The Hall–Kier alpha value is -3.47. The average molecular weight is 517 g/mol. The molecule has 1 fully saturated rings. The van der Waals surface area contributed by atoms with E-state index in [1.165, 1.54) is 18.1 Å². The number of ether oxygens (including phenoxy) is 1. The lowest BCUT2D eigenvalue weighted by Gasteiger charge is -2.34. The second-order valence-electron chi connectivity index (χ2n) is 7.96. The van der Waals surface area contributed by atoms with E-state index >= 15 is 0 Å². The highest BCUT2D eigenvalue weighted by Crippen LogP contribution is 2.35. The number of carbonyl (C=O) groups is 3. The largest absolute Gasteiger partial charge is 0.494 e. The lowest BCUT2D eigenvalue weighted by molar-refractivity contribution is -0.125. The van der Waals surface area contributed by atoms with Gasteiger partial charge in [-0.2, -0.15) is 0 Å². The van der Waals surface area contributed by atoms with Gasteiger partial charge in [0.25, 0.3) is 11.8 Å². The molecule has 0 unspecified atom stereocenters. The third-order valence-electron chi connectivity index (χ3n) is 5.99. The Balaban J connectivity index is 1.57. The van der Waals surface area contributed by atoms with Crippen molar-refractivity contribution in [2.75, 3.05) is 20.2 Å². The van der Waals surface area contributed by atoms with E-state index in [4.69, 9.17) is 9.15 Å². The smallest absolute Gasteiger partial charge is 0.322 e. The van der Waals surface area contributed by atoms with Gasteiger partial charge in [-0.1, -0.05) is 6.07 Å². The zero-order valence-electron chi connectivity index (χ0n) is 17.6. The number of aryl methyl sites for hydroxylation is 1. The molecular weight excluding hydrogens is 499 g/mol. The predicted molar refractivity (Wildman–Crippen MR) is 117 cm³/mol. The van der Waals surface area contributed by atoms with Crippen molar-refractivity contribution in [3.05, 3.63) is 57.1 Å². The summed E-state index contributed by atoms with van der Waals surface area (Å²) in [5.41, 5.74) is 0.367. The van der Waals surface area contributed by atoms with Crippen LogP contribution in [0.1, 0.15) is 27.4 Å². The van der Waals surface area contributed by atoms with Gasteiger partial charge in [0.05, 0.1) is 24.9 Å². The number of methoxy groups -OCH3 is 1. The summed E-state index contributed by atoms with van der Waals surface area (Å²) in [6.07, 6.45) is 0.376. The number of rotatable bonds is 4. The normalized spacial score (nSPS) is 20.1. The molecule has 0 bridgehead atoms. The van der Waals surface area contributed by atoms with Crippen LogP contribution in [0.15, 0.2) is 33.2 Å². The van der Waals surface area contributed by atoms with E-state index in [-0.39, 0.29) is 30.2 Å². The van der Waals surface area contributed by atoms with Gasteiger partial charge in [0.15, 0.2) is 22.7 Å². The Morgan fingerprint density at radius 2 is 2.09 bits per heavy atom. The summed E-state index contributed by atoms with van der Waals surface area (Å²) in [6.45, 7) is 1.79. The van der Waals surface area contributed by atoms with Gasteiger partial charge >= 0.3 is 6.03 Å². The second-order valence-corrected chi connectivity index (χ2v) is 8.81. The molecule has 0 aliphatic carbocycles. The first-order valence-corrected chi connectivity index (χ1v) is 10.9. The fourth-order valence-electron chi connectivity index (χ4n) is 4.25. The zero-order valence-corrected chi connectivity index (χ0v) is 19.2. The van der Waals surface area contributed by atoms with Gasteiger partial charge in [-0.15, -0.1) is 0 Å². The molecule has 5 rings (SSSR count). The van der Waals surface area contributed by atoms with Gasteiger partial charge in [-0.25, -0.2) is 14.2 Å². The van der Waals surface area contributed by atoms with Gasteiger partial charge < -0.3 is 19.4 Å². The lowest BCUT2D eigenvalue weighted by atomic mass is 9.92. The summed E-state index contributed by atoms with van der Waals surface area (Å²) >= 11 is 3.40. The molecule has 2 aliphatic heterocycles. The molecule has 1 saturated heterocycles. The zero-order chi connectivity index (χ0) is 23.5. The topological polar surface area (TPSA) is 114 Å². The maximum absolute atomic E-state index is 14.9. The number of hydrogen-bond donors (Lipinski definition) is 2. The highest BCUT2D eigenvalue weighted by Gasteiger charge is 2.52. The molecule has 1 aromatic carbocycles. The van der Waals surface area contributed by atoms with E-state index in [9.17, 15) is 18.8 Å². The van der Waals surface area contributed by atoms with E-state index in [0.717, 1.165) is 10.2 Å². The molecule has 33 heavy (non-hydrogen) atoms. The minimum atomic E-state index is -1.69. The van der Waals surface area contributed by atoms with E-state index in [2.05, 4.69) is 31.5 Å². The van der Waals surface area contributed by atoms with Crippen molar-refractivity contribution >= 4 is 44.9 Å². The number of aromatic nitrogens is 1. The second kappa shape index (κ2) is 7.55. The van der Waals surface area contributed by atoms with Crippen LogP contribution in [-0.4, -0.2) is 47.9 Å². The quantitative estimate of drug-likeness (QED) is 0.515. The number of imide groups is 1. The Labute approximate surface area is 195 Å². The van der Waals surface area contributed by atoms with Crippen LogP contribution < -0.4 is 15.4 Å². The van der Waals surface area contributed by atoms with E-state index in [1.54, 1.807) is 18.2 Å². The molecule has 0 saturated carbocycles. The molecule has 3 aromatic rings. The van der Waals surface area contributed by atoms with Crippen molar-refractivity contribution in [2.45, 2.75) is 18.9 Å². The molecule has 1 atom stereocenters. The summed E-state index contributed by atoms with van der Waals surface area (Å²) in [7, 11) is 1.32. The number of pyridine rings is 1. The Kier molecular flexibility index (Phi) is 4.89. The lowest BCUT2D eigenvalue weighted by Crippen LogP contribution is -2.55. The summed E-state index contributed by atoms with van der Waals surface area (Å²) < 4.78 is 26.6. The van der Waals surface area contributed by atoms with Crippen molar-refractivity contribution in [1.29, 1.82) is 0 Å². The van der Waals surface area contributed by atoms with Crippen molar-refractivity contribution < 1.29 is 27.9 Å². The van der Waals surface area contributed by atoms with Crippen molar-refractivity contribution in [2.24, 2.45) is 0 Å². The predicted octanol–water partition coefficient (Wildman–Crippen LogP) is 2.78. The summed E-state index contributed by atoms with van der Waals surface area (Å²) in [6, 6.07) is 5.69. The summed E-state index contributed by atoms with van der Waals surface area (Å²) in [5, 5.41) is 4.82. The number of fused-ring (bicyclic) bond motifs is 2. The van der Waals surface area contributed by atoms with Crippen molar-refractivity contribution in [3.63, 3.8) is 0 Å². The fraction of sp³-hybridized carbons (Fsp3) is 0.273. The standard InChI is InChI=1S/C22H18BrFN4O5/c1-10-12(23)7-15-13(25-10)8-16(33-15)22(20(30)26-21(31)27-22)9-28-6-5-11-3-4-14(32-2)18(24)17(11)19(28)29/h3-4,7-8H,5-6,9H2,1-2H3,(H2,26,27,30,31)/t22-/m0/s1. The van der Waals surface area contributed by atoms with Crippen LogP contribution in [0.4, 0.5) is 9.18 Å². The molecule has 2 aliphatic rings. The molecule has 4 heterocycles. The van der Waals surface area contributed by atoms with Crippen LogP contribution in [0.5, 0.6) is 5.75 Å². The molecule has 0 radical (unpaired) electrons. The third kappa shape index (κ3) is 3.26. The van der Waals surface area contributed by atoms with Crippen LogP contribution in [0.2, 0.25) is 0 Å². The first kappa shape index (κ1) is 21.4. The molecule has 170 valence electrons. The number of carbonyl (C=O) groups excluding carboxylic acids is 3. The SMILES string of the molecule is COc1ccc2c(c1F)C(=O)N(C[C@@]1(c3cc4nc(C)c(Br)cc4o3)NC(=O)NC1=O)CC2. The van der Waals surface area contributed by atoms with E-state index in [0.29, 0.717) is 23.1 Å². The minimum Gasteiger partial charge on any atom is -0.494 e. The van der Waals surface area contributed by atoms with E-state index in [1.807, 2.05) is 6.92 Å². The maximum atomic E-state index is 14.9. The van der Waals surface area contributed by atoms with Gasteiger partial charge in [-0.3, -0.25) is 14.9 Å². The van der Waals surface area contributed by atoms with Crippen LogP contribution in [-0.2, 0) is 16.8 Å². The van der Waals surface area contributed by atoms with Gasteiger partial charge in [0, 0.05) is 17.1 Å². The van der Waals surface area contributed by atoms with Crippen LogP contribution >= 0.6 is 15.9 Å². The number of halogens is 2. The van der Waals surface area contributed by atoms with E-state index < -0.39 is 29.2 Å². The molecule has 2 N–H and O–H groups in total. The number of nitrogens with one attached hydrogen (secondary N) is 2. The first-order chi connectivity index (χ1) is 15.7. The van der Waals surface area contributed by atoms with Crippen molar-refractivity contribution in [3.8, 4) is 5.75 Å². The number of furan rings is 1. The number of urea groups is 1. The Morgan fingerprint density at radius 3 is 2.79 bits per heavy atom. The number of benzene rings is 1. The summed E-state index contributed by atoms with van der Waals surface area (Å²) in [5.74, 6) is -1.96. The van der Waals surface area contributed by atoms with Gasteiger partial charge in [0.1, 0.15) is 11.3 Å². The molecular formula is C22H18BrFN4O5. The number of hydrogen-bond acceptors (Lipinski definition) is 6. The molecule has 9 nitrogen and oxygen atoms in total. The molecule has 2 aromatic heterocycles. The van der Waals surface area contributed by atoms with Crippen LogP contribution in [0.25, 0.3) is 11.1 Å². The van der Waals surface area contributed by atoms with Crippen LogP contribution in [0, 0.1) is 12.7 Å². The monoisotopic (exact) mass is 516 g/mol. The molecule has 0 spiro atoms. The van der Waals surface area contributed by atoms with Crippen molar-refractivity contribution in [1.82, 2.24) is 20.5 Å². The van der Waals surface area contributed by atoms with Crippen LogP contribution in [0.3, 0.4) is 0 Å². The highest BCUT2D eigenvalue weighted by molar-refractivity contribution is 9.10. The molecule has 11 heteroatoms. The highest BCUT2D eigenvalue weighted by atomic mass is 79.9. The maximum Gasteiger partial charge on any atom is 0.322 e.